The van der Waals surface area contributed by atoms with Crippen molar-refractivity contribution in [1.29, 1.82) is 0 Å². The van der Waals surface area contributed by atoms with Crippen molar-refractivity contribution in [3.05, 3.63) is 69.3 Å². The van der Waals surface area contributed by atoms with Crippen LogP contribution in [0.2, 0.25) is 5.02 Å². The van der Waals surface area contributed by atoms with Gasteiger partial charge in [0.2, 0.25) is 5.91 Å². The van der Waals surface area contributed by atoms with Crippen molar-refractivity contribution in [3.8, 4) is 11.1 Å². The zero-order chi connectivity index (χ0) is 23.7. The summed E-state index contributed by atoms with van der Waals surface area (Å²) in [4.78, 5) is 38.0. The minimum atomic E-state index is -0.873. The fourth-order valence-electron chi connectivity index (χ4n) is 4.40. The quantitative estimate of drug-likeness (QED) is 0.542. The van der Waals surface area contributed by atoms with Crippen molar-refractivity contribution in [2.24, 2.45) is 11.8 Å². The summed E-state index contributed by atoms with van der Waals surface area (Å²) in [6, 6.07) is 10.7. The number of carboxylic acid groups (broad SMARTS) is 1. The van der Waals surface area contributed by atoms with E-state index in [1.54, 1.807) is 17.0 Å². The van der Waals surface area contributed by atoms with E-state index < -0.39 is 23.3 Å². The molecule has 0 spiro atoms. The van der Waals surface area contributed by atoms with Gasteiger partial charge in [-0.1, -0.05) is 30.7 Å². The highest BCUT2D eigenvalue weighted by atomic mass is 35.5. The lowest BCUT2D eigenvalue weighted by Gasteiger charge is -2.32. The lowest BCUT2D eigenvalue weighted by atomic mass is 9.94. The van der Waals surface area contributed by atoms with Crippen LogP contribution in [0.4, 0.5) is 4.39 Å². The Morgan fingerprint density at radius 2 is 2.00 bits per heavy atom. The molecule has 1 aliphatic rings. The van der Waals surface area contributed by atoms with E-state index in [0.29, 0.717) is 47.9 Å². The van der Waals surface area contributed by atoms with Gasteiger partial charge in [-0.05, 0) is 49.1 Å². The molecule has 1 aromatic heterocycles. The van der Waals surface area contributed by atoms with E-state index in [4.69, 9.17) is 16.0 Å². The van der Waals surface area contributed by atoms with Gasteiger partial charge in [-0.25, -0.2) is 9.18 Å². The second-order valence-electron chi connectivity index (χ2n) is 8.50. The normalized spacial score (nSPS) is 17.2. The number of benzene rings is 2. The molecular formula is C25H23ClFNO5. The first-order valence-electron chi connectivity index (χ1n) is 10.8. The van der Waals surface area contributed by atoms with Gasteiger partial charge >= 0.3 is 11.6 Å². The highest BCUT2D eigenvalue weighted by molar-refractivity contribution is 6.33. The van der Waals surface area contributed by atoms with Crippen LogP contribution in [0.25, 0.3) is 22.1 Å². The second kappa shape index (κ2) is 9.35. The van der Waals surface area contributed by atoms with Crippen LogP contribution in [-0.2, 0) is 16.0 Å². The molecule has 2 atom stereocenters. The molecule has 4 rings (SSSR count). The fourth-order valence-corrected chi connectivity index (χ4v) is 4.67. The Kier molecular flexibility index (Phi) is 6.51. The summed E-state index contributed by atoms with van der Waals surface area (Å²) < 4.78 is 18.9. The molecule has 1 fully saturated rings. The predicted molar refractivity (Wildman–Crippen MR) is 123 cm³/mol. The third-order valence-electron chi connectivity index (χ3n) is 6.08. The van der Waals surface area contributed by atoms with E-state index in [1.807, 2.05) is 13.0 Å². The minimum absolute atomic E-state index is 0.0886. The van der Waals surface area contributed by atoms with Crippen LogP contribution in [0, 0.1) is 17.7 Å². The van der Waals surface area contributed by atoms with Crippen molar-refractivity contribution >= 4 is 34.4 Å². The molecule has 3 aromatic rings. The van der Waals surface area contributed by atoms with Gasteiger partial charge in [-0.15, -0.1) is 0 Å². The summed E-state index contributed by atoms with van der Waals surface area (Å²) >= 11 is 6.20. The first kappa shape index (κ1) is 23.0. The molecule has 2 aromatic carbocycles. The zero-order valence-corrected chi connectivity index (χ0v) is 18.8. The summed E-state index contributed by atoms with van der Waals surface area (Å²) in [6.07, 6.45) is 1.66. The zero-order valence-electron chi connectivity index (χ0n) is 18.0. The maximum atomic E-state index is 13.5. The molecule has 33 heavy (non-hydrogen) atoms. The van der Waals surface area contributed by atoms with Gasteiger partial charge < -0.3 is 14.4 Å². The van der Waals surface area contributed by atoms with Crippen LogP contribution < -0.4 is 5.63 Å². The van der Waals surface area contributed by atoms with Gasteiger partial charge in [0, 0.05) is 41.6 Å². The molecule has 0 aliphatic carbocycles. The van der Waals surface area contributed by atoms with E-state index in [9.17, 15) is 23.9 Å². The van der Waals surface area contributed by atoms with Gasteiger partial charge in [-0.2, -0.15) is 0 Å². The van der Waals surface area contributed by atoms with Crippen molar-refractivity contribution in [1.82, 2.24) is 4.90 Å². The number of carboxylic acids is 1. The molecule has 1 N–H and O–H groups in total. The van der Waals surface area contributed by atoms with E-state index in [1.165, 1.54) is 24.3 Å². The Hall–Kier alpha value is -3.19. The fraction of sp³-hybridized carbons (Fsp3) is 0.320. The average molecular weight is 472 g/mol. The van der Waals surface area contributed by atoms with E-state index in [-0.39, 0.29) is 23.4 Å². The highest BCUT2D eigenvalue weighted by Crippen LogP contribution is 2.33. The van der Waals surface area contributed by atoms with Crippen molar-refractivity contribution in [2.75, 3.05) is 13.1 Å². The SMILES string of the molecule is C[C@H](Cc1ccc2c(-c3ccc(F)cc3Cl)cc(=O)oc2c1)C(=O)N1CCCC(C(=O)O)C1. The van der Waals surface area contributed by atoms with Crippen LogP contribution in [0.5, 0.6) is 0 Å². The first-order chi connectivity index (χ1) is 15.7. The topological polar surface area (TPSA) is 87.8 Å². The Morgan fingerprint density at radius 1 is 1.21 bits per heavy atom. The number of hydrogen-bond acceptors (Lipinski definition) is 4. The van der Waals surface area contributed by atoms with Gasteiger partial charge in [0.25, 0.3) is 0 Å². The third-order valence-corrected chi connectivity index (χ3v) is 6.39. The number of carbonyl (C=O) groups excluding carboxylic acids is 1. The number of aliphatic carboxylic acids is 1. The van der Waals surface area contributed by atoms with Crippen LogP contribution in [-0.4, -0.2) is 35.0 Å². The Labute approximate surface area is 194 Å². The van der Waals surface area contributed by atoms with Gasteiger partial charge in [0.15, 0.2) is 0 Å². The lowest BCUT2D eigenvalue weighted by molar-refractivity contribution is -0.146. The van der Waals surface area contributed by atoms with Gasteiger partial charge in [-0.3, -0.25) is 9.59 Å². The van der Waals surface area contributed by atoms with Gasteiger partial charge in [0.05, 0.1) is 10.9 Å². The van der Waals surface area contributed by atoms with Crippen molar-refractivity contribution in [2.45, 2.75) is 26.2 Å². The molecule has 0 bridgehead atoms. The predicted octanol–water partition coefficient (Wildman–Crippen LogP) is 4.75. The summed E-state index contributed by atoms with van der Waals surface area (Å²) in [5.74, 6) is -2.32. The summed E-state index contributed by atoms with van der Waals surface area (Å²) in [5, 5.41) is 10.1. The van der Waals surface area contributed by atoms with Gasteiger partial charge in [0.1, 0.15) is 11.4 Å². The van der Waals surface area contributed by atoms with E-state index >= 15 is 0 Å². The molecule has 1 aliphatic heterocycles. The largest absolute Gasteiger partial charge is 0.481 e. The second-order valence-corrected chi connectivity index (χ2v) is 8.91. The summed E-state index contributed by atoms with van der Waals surface area (Å²) in [7, 11) is 0. The molecule has 1 amide bonds. The standard InChI is InChI=1S/C25H23ClFNO5/c1-14(24(30)28-8-2-3-16(13-28)25(31)32)9-15-4-6-19-20(12-23(29)33-22(19)10-15)18-7-5-17(27)11-21(18)26/h4-7,10-12,14,16H,2-3,8-9,13H2,1H3,(H,31,32)/t14-,16?/m1/s1. The van der Waals surface area contributed by atoms with Crippen LogP contribution >= 0.6 is 11.6 Å². The number of piperidine rings is 1. The molecule has 1 unspecified atom stereocenters. The summed E-state index contributed by atoms with van der Waals surface area (Å²) in [5.41, 5.74) is 1.65. The number of halogens is 2. The highest BCUT2D eigenvalue weighted by Gasteiger charge is 2.30. The number of amides is 1. The van der Waals surface area contributed by atoms with E-state index in [0.717, 1.165) is 5.56 Å². The number of likely N-dealkylation sites (tertiary alicyclic amines) is 1. The smallest absolute Gasteiger partial charge is 0.336 e. The molecule has 1 saturated heterocycles. The minimum Gasteiger partial charge on any atom is -0.481 e. The Morgan fingerprint density at radius 3 is 2.73 bits per heavy atom. The molecule has 6 nitrogen and oxygen atoms in total. The molecule has 2 heterocycles. The molecular weight excluding hydrogens is 449 g/mol. The van der Waals surface area contributed by atoms with Crippen molar-refractivity contribution in [3.63, 3.8) is 0 Å². The Bertz CT molecular complexity index is 1290. The molecule has 0 radical (unpaired) electrons. The Balaban J connectivity index is 1.59. The van der Waals surface area contributed by atoms with E-state index in [2.05, 4.69) is 0 Å². The molecule has 8 heteroatoms. The van der Waals surface area contributed by atoms with Crippen molar-refractivity contribution < 1.29 is 23.5 Å². The number of fused-ring (bicyclic) bond motifs is 1. The summed E-state index contributed by atoms with van der Waals surface area (Å²) in [6.45, 7) is 2.59. The number of carbonyl (C=O) groups is 2. The third kappa shape index (κ3) is 4.93. The molecule has 172 valence electrons. The lowest BCUT2D eigenvalue weighted by Crippen LogP contribution is -2.44. The van der Waals surface area contributed by atoms with Crippen LogP contribution in [0.3, 0.4) is 0 Å². The molecule has 0 saturated carbocycles. The number of hydrogen-bond donors (Lipinski definition) is 1. The monoisotopic (exact) mass is 471 g/mol. The number of rotatable bonds is 5. The van der Waals surface area contributed by atoms with Crippen LogP contribution in [0.15, 0.2) is 51.7 Å². The maximum Gasteiger partial charge on any atom is 0.336 e. The van der Waals surface area contributed by atoms with Crippen LogP contribution in [0.1, 0.15) is 25.3 Å². The average Bonchev–Trinajstić information content (AvgIpc) is 2.78. The first-order valence-corrected chi connectivity index (χ1v) is 11.1. The maximum absolute atomic E-state index is 13.5. The number of nitrogens with zero attached hydrogens (tertiary/aromatic N) is 1.